The molecule has 93 heavy (non-hydrogen) atoms. The van der Waals surface area contributed by atoms with Crippen LogP contribution in [-0.4, -0.2) is 51.5 Å². The van der Waals surface area contributed by atoms with Crippen LogP contribution >= 0.6 is 0 Å². The lowest BCUT2D eigenvalue weighted by Crippen LogP contribution is -2.38. The number of nitrogens with zero attached hydrogens (tertiary/aromatic N) is 1. The molecule has 0 N–H and O–H groups in total. The van der Waals surface area contributed by atoms with Crippen LogP contribution in [-0.2, 0) is 9.47 Å². The van der Waals surface area contributed by atoms with Gasteiger partial charge in [-0.1, -0.05) is 286 Å². The highest BCUT2D eigenvalue weighted by atomic mass is 16.5. The average Bonchev–Trinajstić information content (AvgIpc) is 1.65. The Bertz CT molecular complexity index is 1740. The molecule has 0 spiro atoms. The van der Waals surface area contributed by atoms with Gasteiger partial charge in [-0.3, -0.25) is 0 Å². The van der Waals surface area contributed by atoms with Crippen molar-refractivity contribution in [3.63, 3.8) is 0 Å². The van der Waals surface area contributed by atoms with E-state index in [4.69, 9.17) is 9.47 Å². The summed E-state index contributed by atoms with van der Waals surface area (Å²) in [4.78, 5) is 2.43. The molecule has 10 fully saturated rings. The van der Waals surface area contributed by atoms with Crippen molar-refractivity contribution in [2.24, 2.45) is 125 Å². The molecular weight excluding hydrogens is 1130 g/mol. The average molecular weight is 1310 g/mol. The van der Waals surface area contributed by atoms with E-state index in [9.17, 15) is 0 Å². The number of piperidine rings is 1. The molecule has 3 heterocycles. The topological polar surface area (TPSA) is 21.7 Å². The smallest absolute Gasteiger partial charge is 0.0500 e. The van der Waals surface area contributed by atoms with Crippen LogP contribution in [0.5, 0.6) is 0 Å². The molecule has 0 bridgehead atoms. The summed E-state index contributed by atoms with van der Waals surface area (Å²) in [5, 5.41) is 0. The summed E-state index contributed by atoms with van der Waals surface area (Å²) in [6.45, 7) is 84.0. The third kappa shape index (κ3) is 39.0. The first-order chi connectivity index (χ1) is 42.1. The number of rotatable bonds is 0. The van der Waals surface area contributed by atoms with Crippen molar-refractivity contribution in [3.05, 3.63) is 0 Å². The van der Waals surface area contributed by atoms with Gasteiger partial charge in [0.1, 0.15) is 0 Å². The molecule has 558 valence electrons. The minimum Gasteiger partial charge on any atom is -0.381 e. The summed E-state index contributed by atoms with van der Waals surface area (Å²) in [6.07, 6.45) is 40.4. The molecule has 0 aromatic carbocycles. The van der Waals surface area contributed by atoms with Gasteiger partial charge in [-0.15, -0.1) is 0 Å². The van der Waals surface area contributed by atoms with Gasteiger partial charge < -0.3 is 14.4 Å². The fourth-order valence-electron chi connectivity index (χ4n) is 15.7. The van der Waals surface area contributed by atoms with Crippen LogP contribution in [0.3, 0.4) is 0 Å². The molecule has 0 amide bonds. The molecule has 3 aliphatic heterocycles. The Kier molecular flexibility index (Phi) is 39.0. The van der Waals surface area contributed by atoms with E-state index in [0.29, 0.717) is 59.6 Å². The zero-order valence-electron chi connectivity index (χ0n) is 71.2. The molecule has 7 aliphatic carbocycles. The molecule has 3 nitrogen and oxygen atoms in total. The van der Waals surface area contributed by atoms with E-state index in [2.05, 4.69) is 240 Å². The van der Waals surface area contributed by atoms with Crippen LogP contribution in [0.15, 0.2) is 0 Å². The Hall–Kier alpha value is -0.120. The SMILES string of the molecule is CC(C)(C)C1(C)CCC1.CC(C)(C)C1CC1.CC(C)(C)C1CCC1.CC(C)(C)C1CCCC1.CC(C)(C)C1CCCCC1.CC(C)(C)C1CCCOC1.CC(C)(C)C1CCOC1.CC1CC(C(C)(C)C)C1.CC1CCC(C(C)(C)C)CC1.CN1CCC(C(C)(C)C)CC1. The minimum atomic E-state index is 0.445. The molecule has 0 radical (unpaired) electrons. The molecule has 3 heteroatoms. The van der Waals surface area contributed by atoms with Gasteiger partial charge in [0.2, 0.25) is 0 Å². The van der Waals surface area contributed by atoms with Gasteiger partial charge in [0.15, 0.2) is 0 Å². The minimum absolute atomic E-state index is 0.445. The second-order valence-electron chi connectivity index (χ2n) is 44.5. The summed E-state index contributed by atoms with van der Waals surface area (Å²) in [5.74, 6) is 10.6. The highest BCUT2D eigenvalue weighted by Crippen LogP contribution is 2.53. The predicted molar refractivity (Wildman–Crippen MR) is 421 cm³/mol. The van der Waals surface area contributed by atoms with E-state index in [1.807, 2.05) is 0 Å². The highest BCUT2D eigenvalue weighted by Gasteiger charge is 2.42. The Labute approximate surface area is 590 Å². The first-order valence-corrected chi connectivity index (χ1v) is 40.9. The van der Waals surface area contributed by atoms with Crippen molar-refractivity contribution in [1.82, 2.24) is 4.90 Å². The van der Waals surface area contributed by atoms with Crippen molar-refractivity contribution in [2.45, 2.75) is 408 Å². The maximum atomic E-state index is 5.41. The van der Waals surface area contributed by atoms with E-state index in [-0.39, 0.29) is 0 Å². The van der Waals surface area contributed by atoms with E-state index >= 15 is 0 Å². The third-order valence-corrected chi connectivity index (χ3v) is 26.1. The van der Waals surface area contributed by atoms with E-state index in [1.54, 1.807) is 0 Å². The normalized spacial score (nSPS) is 27.0. The number of hydrogen-bond donors (Lipinski definition) is 0. The third-order valence-electron chi connectivity index (χ3n) is 26.1. The van der Waals surface area contributed by atoms with Crippen molar-refractivity contribution in [1.29, 1.82) is 0 Å². The van der Waals surface area contributed by atoms with Gasteiger partial charge in [0.05, 0.1) is 0 Å². The predicted octanol–water partition coefficient (Wildman–Crippen LogP) is 29.2. The molecule has 2 unspecified atom stereocenters. The molecule has 0 aromatic rings. The summed E-state index contributed by atoms with van der Waals surface area (Å²) >= 11 is 0. The van der Waals surface area contributed by atoms with Crippen LogP contribution in [0.2, 0.25) is 0 Å². The molecular formula is C90H181NO2. The molecule has 2 atom stereocenters. The van der Waals surface area contributed by atoms with Crippen LogP contribution in [0.25, 0.3) is 0 Å². The van der Waals surface area contributed by atoms with Crippen LogP contribution in [0.1, 0.15) is 408 Å². The quantitative estimate of drug-likeness (QED) is 0.241. The van der Waals surface area contributed by atoms with Crippen molar-refractivity contribution < 1.29 is 9.47 Å². The second kappa shape index (κ2) is 39.9. The van der Waals surface area contributed by atoms with Gasteiger partial charge in [-0.2, -0.15) is 0 Å². The largest absolute Gasteiger partial charge is 0.381 e. The standard InChI is InChI=1S/C11H22.C10H21N.C10H20.C9H18O.3C9H18.C8H16O.C8H16.C7H14/c1-9-5-7-10(8-6-9)11(2,3)4;1-10(2,3)9-5-7-11(4)8-6-9;1-10(2,3)9-7-5-4-6-8-9;1-9(2,3)8-5-4-6-10-7-8;1-7-5-8(6-7)9(2,3)4;1-8(2,3)9(4)6-5-7-9;1-9(2,3)8-6-4-5-7-8;1-8(2,3)7-4-5-9-6-7;1-8(2,3)7-5-4-6-7;1-7(2,3)6-4-5-6/h9-10H,5-8H2,1-4H3;9H,5-8H2,1-4H3;9H,4-8H2,1-3H3;8H,4-7H2,1-3H3;7-8H,5-6H2,1-4H3;5-7H2,1-4H3;8H,4-7H2,1-3H3;7H,4-6H2,1-3H3;7H,4-6H2,1-3H3;6H,4-5H2,1-3H3. The van der Waals surface area contributed by atoms with Crippen molar-refractivity contribution in [2.75, 3.05) is 46.6 Å². The lowest BCUT2D eigenvalue weighted by atomic mass is 9.56. The van der Waals surface area contributed by atoms with Crippen molar-refractivity contribution in [3.8, 4) is 0 Å². The van der Waals surface area contributed by atoms with E-state index < -0.39 is 0 Å². The Morgan fingerprint density at radius 1 is 0.269 bits per heavy atom. The summed E-state index contributed by atoms with van der Waals surface area (Å²) in [7, 11) is 2.22. The maximum Gasteiger partial charge on any atom is 0.0500 e. The first-order valence-electron chi connectivity index (χ1n) is 40.9. The van der Waals surface area contributed by atoms with Crippen LogP contribution < -0.4 is 0 Å². The maximum absolute atomic E-state index is 5.41. The summed E-state index contributed by atoms with van der Waals surface area (Å²) < 4.78 is 10.7. The summed E-state index contributed by atoms with van der Waals surface area (Å²) in [5.41, 5.74) is 6.11. The van der Waals surface area contributed by atoms with Gasteiger partial charge in [0.25, 0.3) is 0 Å². The molecule has 3 saturated heterocycles. The number of hydrogen-bond acceptors (Lipinski definition) is 3. The van der Waals surface area contributed by atoms with Crippen LogP contribution in [0, 0.1) is 125 Å². The van der Waals surface area contributed by atoms with Gasteiger partial charge in [-0.25, -0.2) is 0 Å². The van der Waals surface area contributed by atoms with E-state index in [0.717, 1.165) is 91.5 Å². The van der Waals surface area contributed by atoms with E-state index in [1.165, 1.54) is 193 Å². The first kappa shape index (κ1) is 90.9. The monoisotopic (exact) mass is 1310 g/mol. The van der Waals surface area contributed by atoms with Gasteiger partial charge in [-0.05, 0) is 267 Å². The fraction of sp³-hybridized carbons (Fsp3) is 1.00. The zero-order chi connectivity index (χ0) is 71.9. The van der Waals surface area contributed by atoms with Gasteiger partial charge in [0, 0.05) is 26.4 Å². The molecule has 7 saturated carbocycles. The van der Waals surface area contributed by atoms with Crippen LogP contribution in [0.4, 0.5) is 0 Å². The Morgan fingerprint density at radius 2 is 0.548 bits per heavy atom. The highest BCUT2D eigenvalue weighted by molar-refractivity contribution is 4.93. The van der Waals surface area contributed by atoms with Crippen molar-refractivity contribution >= 4 is 0 Å². The second-order valence-corrected chi connectivity index (χ2v) is 44.5. The summed E-state index contributed by atoms with van der Waals surface area (Å²) in [6, 6.07) is 0. The molecule has 0 aromatic heterocycles. The molecule has 10 rings (SSSR count). The Balaban J connectivity index is 0.000000518. The fourth-order valence-corrected chi connectivity index (χ4v) is 15.7. The molecule has 10 aliphatic rings. The number of ether oxygens (including phenoxy) is 2. The Morgan fingerprint density at radius 3 is 0.731 bits per heavy atom. The number of likely N-dealkylation sites (tertiary alicyclic amines) is 1. The van der Waals surface area contributed by atoms with Gasteiger partial charge >= 0.3 is 0 Å². The lowest BCUT2D eigenvalue weighted by molar-refractivity contribution is 0.0103. The lowest BCUT2D eigenvalue weighted by Gasteiger charge is -2.49. The zero-order valence-corrected chi connectivity index (χ0v) is 71.2.